The van der Waals surface area contributed by atoms with Crippen molar-refractivity contribution >= 4 is 22.7 Å². The highest BCUT2D eigenvalue weighted by Gasteiger charge is 2.62. The van der Waals surface area contributed by atoms with Crippen LogP contribution in [0.2, 0.25) is 0 Å². The number of benzene rings is 2. The first-order valence-corrected chi connectivity index (χ1v) is 14.9. The van der Waals surface area contributed by atoms with Gasteiger partial charge in [-0.25, -0.2) is 18.2 Å². The molecule has 0 radical (unpaired) electrons. The Morgan fingerprint density at radius 3 is 2.46 bits per heavy atom. The first-order chi connectivity index (χ1) is 23.3. The smallest absolute Gasteiger partial charge is 0.422 e. The standard InChI is InChI=1S/C33H26F8N4O5/c1-14-7-15-8-16(9-20(50-29(36)37)24(15)43-11-14)27(46)44-12-32(48,31(38)5-6-31)21-10-18-26(49-13-30(18,2)28(42)47)25(45-21)17-3-4-19(34)22(23(17)35)33(39,40)41/h3-4,7-11,29,48H,5-6,12-13H2,1-2H3,(H2,42,47)(H,44,46)/t30-,32?/m0/s1. The van der Waals surface area contributed by atoms with E-state index in [1.165, 1.54) is 19.2 Å². The van der Waals surface area contributed by atoms with Crippen LogP contribution in [-0.4, -0.2) is 52.3 Å². The van der Waals surface area contributed by atoms with Gasteiger partial charge in [0.15, 0.2) is 11.4 Å². The summed E-state index contributed by atoms with van der Waals surface area (Å²) in [7, 11) is 0. The normalized spacial score (nSPS) is 19.1. The molecular weight excluding hydrogens is 684 g/mol. The van der Waals surface area contributed by atoms with Gasteiger partial charge in [-0.2, -0.15) is 22.0 Å². The molecule has 1 saturated carbocycles. The van der Waals surface area contributed by atoms with Crippen molar-refractivity contribution in [2.75, 3.05) is 13.2 Å². The van der Waals surface area contributed by atoms with Gasteiger partial charge < -0.3 is 25.6 Å². The Bertz CT molecular complexity index is 2070. The number of amides is 2. The van der Waals surface area contributed by atoms with E-state index < -0.39 is 100 Å². The Kier molecular flexibility index (Phi) is 8.19. The molecule has 4 N–H and O–H groups in total. The first-order valence-electron chi connectivity index (χ1n) is 14.9. The van der Waals surface area contributed by atoms with E-state index in [1.54, 1.807) is 13.0 Å². The molecule has 2 atom stereocenters. The number of hydrogen-bond donors (Lipinski definition) is 3. The number of pyridine rings is 2. The van der Waals surface area contributed by atoms with Gasteiger partial charge in [-0.15, -0.1) is 0 Å². The quantitative estimate of drug-likeness (QED) is 0.188. The lowest BCUT2D eigenvalue weighted by Gasteiger charge is -2.33. The molecule has 4 aromatic rings. The zero-order valence-corrected chi connectivity index (χ0v) is 26.0. The fraction of sp³-hybridized carbons (Fsp3) is 0.333. The molecule has 3 heterocycles. The monoisotopic (exact) mass is 710 g/mol. The molecule has 2 aliphatic rings. The Morgan fingerprint density at radius 2 is 1.84 bits per heavy atom. The van der Waals surface area contributed by atoms with E-state index in [2.05, 4.69) is 20.0 Å². The molecule has 2 aromatic heterocycles. The van der Waals surface area contributed by atoms with Gasteiger partial charge in [-0.05, 0) is 68.7 Å². The molecule has 1 fully saturated rings. The van der Waals surface area contributed by atoms with Gasteiger partial charge in [0.25, 0.3) is 5.91 Å². The van der Waals surface area contributed by atoms with E-state index in [9.17, 15) is 41.0 Å². The maximum Gasteiger partial charge on any atom is 0.422 e. The minimum atomic E-state index is -5.49. The van der Waals surface area contributed by atoms with Gasteiger partial charge in [0.1, 0.15) is 51.8 Å². The van der Waals surface area contributed by atoms with Crippen LogP contribution < -0.4 is 20.5 Å². The molecule has 1 unspecified atom stereocenters. The lowest BCUT2D eigenvalue weighted by atomic mass is 9.80. The maximum absolute atomic E-state index is 16.2. The summed E-state index contributed by atoms with van der Waals surface area (Å²) < 4.78 is 123. The number of rotatable bonds is 9. The summed E-state index contributed by atoms with van der Waals surface area (Å²) in [6.45, 7) is -1.79. The van der Waals surface area contributed by atoms with Crippen LogP contribution in [0.4, 0.5) is 35.1 Å². The lowest BCUT2D eigenvalue weighted by molar-refractivity contribution is -0.142. The lowest BCUT2D eigenvalue weighted by Crippen LogP contribution is -2.49. The van der Waals surface area contributed by atoms with E-state index in [-0.39, 0.29) is 34.9 Å². The Hall–Kier alpha value is -5.06. The molecule has 0 bridgehead atoms. The second-order valence-electron chi connectivity index (χ2n) is 12.4. The SMILES string of the molecule is Cc1cnc2c(OC(F)F)cc(C(=O)NCC(O)(c3cc4c(c(-c5ccc(F)c(C(F)(F)F)c5F)n3)OC[C@]4(C)C(N)=O)C3(F)CC3)cc2c1. The van der Waals surface area contributed by atoms with Crippen molar-refractivity contribution in [3.8, 4) is 22.8 Å². The van der Waals surface area contributed by atoms with Crippen LogP contribution in [0.3, 0.4) is 0 Å². The minimum absolute atomic E-state index is 0.0148. The number of nitrogens with zero attached hydrogens (tertiary/aromatic N) is 2. The molecule has 1 aliphatic heterocycles. The number of hydrogen-bond acceptors (Lipinski definition) is 7. The van der Waals surface area contributed by atoms with Crippen LogP contribution in [0.15, 0.2) is 42.6 Å². The van der Waals surface area contributed by atoms with E-state index in [0.29, 0.717) is 17.7 Å². The van der Waals surface area contributed by atoms with Gasteiger partial charge in [-0.3, -0.25) is 14.6 Å². The Labute approximate surface area is 277 Å². The summed E-state index contributed by atoms with van der Waals surface area (Å²) >= 11 is 0. The minimum Gasteiger partial charge on any atom is -0.489 e. The van der Waals surface area contributed by atoms with Gasteiger partial charge in [0, 0.05) is 28.3 Å². The highest BCUT2D eigenvalue weighted by molar-refractivity contribution is 6.00. The number of aryl methyl sites for hydroxylation is 1. The zero-order valence-electron chi connectivity index (χ0n) is 26.0. The van der Waals surface area contributed by atoms with Crippen molar-refractivity contribution in [1.29, 1.82) is 0 Å². The average molecular weight is 711 g/mol. The molecule has 264 valence electrons. The largest absolute Gasteiger partial charge is 0.489 e. The zero-order chi connectivity index (χ0) is 36.6. The van der Waals surface area contributed by atoms with E-state index in [1.807, 2.05) is 0 Å². The van der Waals surface area contributed by atoms with Gasteiger partial charge in [0.05, 0.1) is 12.2 Å². The molecule has 17 heteroatoms. The van der Waals surface area contributed by atoms with Crippen molar-refractivity contribution in [1.82, 2.24) is 15.3 Å². The number of aromatic nitrogens is 2. The number of ether oxygens (including phenoxy) is 2. The van der Waals surface area contributed by atoms with Crippen molar-refractivity contribution < 1.29 is 59.3 Å². The molecule has 2 aromatic carbocycles. The number of carbonyl (C=O) groups excluding carboxylic acids is 2. The number of fused-ring (bicyclic) bond motifs is 2. The molecule has 2 amide bonds. The number of aliphatic hydroxyl groups is 1. The third-order valence-electron chi connectivity index (χ3n) is 8.97. The molecule has 50 heavy (non-hydrogen) atoms. The number of primary amides is 1. The summed E-state index contributed by atoms with van der Waals surface area (Å²) in [5.41, 5.74) is -5.82. The van der Waals surface area contributed by atoms with Crippen LogP contribution in [0.5, 0.6) is 11.5 Å². The van der Waals surface area contributed by atoms with Gasteiger partial charge >= 0.3 is 12.8 Å². The van der Waals surface area contributed by atoms with E-state index >= 15 is 8.78 Å². The molecule has 9 nitrogen and oxygen atoms in total. The predicted octanol–water partition coefficient (Wildman–Crippen LogP) is 5.76. The van der Waals surface area contributed by atoms with Crippen LogP contribution in [0, 0.1) is 18.6 Å². The van der Waals surface area contributed by atoms with Crippen LogP contribution in [-0.2, 0) is 22.0 Å². The Balaban J connectivity index is 1.47. The van der Waals surface area contributed by atoms with Crippen molar-refractivity contribution in [2.24, 2.45) is 5.73 Å². The summed E-state index contributed by atoms with van der Waals surface area (Å²) in [6.07, 6.45) is -4.67. The predicted molar refractivity (Wildman–Crippen MR) is 159 cm³/mol. The number of nitrogens with one attached hydrogen (secondary N) is 1. The Morgan fingerprint density at radius 1 is 1.14 bits per heavy atom. The molecule has 6 rings (SSSR count). The van der Waals surface area contributed by atoms with Gasteiger partial charge in [0.2, 0.25) is 5.91 Å². The van der Waals surface area contributed by atoms with Crippen LogP contribution in [0.25, 0.3) is 22.2 Å². The fourth-order valence-corrected chi connectivity index (χ4v) is 5.93. The maximum atomic E-state index is 16.2. The average Bonchev–Trinajstić information content (AvgIpc) is 3.69. The van der Waals surface area contributed by atoms with Crippen molar-refractivity contribution in [2.45, 2.75) is 56.2 Å². The summed E-state index contributed by atoms with van der Waals surface area (Å²) in [6, 6.07) is 5.79. The third kappa shape index (κ3) is 5.72. The molecular formula is C33H26F8N4O5. The summed E-state index contributed by atoms with van der Waals surface area (Å²) in [4.78, 5) is 34.2. The second kappa shape index (κ2) is 11.8. The van der Waals surface area contributed by atoms with Crippen LogP contribution >= 0.6 is 0 Å². The number of alkyl halides is 6. The fourth-order valence-electron chi connectivity index (χ4n) is 5.93. The van der Waals surface area contributed by atoms with Crippen LogP contribution in [0.1, 0.15) is 52.5 Å². The summed E-state index contributed by atoms with van der Waals surface area (Å²) in [5.74, 6) is -6.90. The molecule has 0 saturated heterocycles. The second-order valence-corrected chi connectivity index (χ2v) is 12.4. The van der Waals surface area contributed by atoms with Gasteiger partial charge in [-0.1, -0.05) is 0 Å². The van der Waals surface area contributed by atoms with Crippen molar-refractivity contribution in [3.05, 3.63) is 82.2 Å². The summed E-state index contributed by atoms with van der Waals surface area (Å²) in [5, 5.41) is 14.6. The highest BCUT2D eigenvalue weighted by Crippen LogP contribution is 2.55. The topological polar surface area (TPSA) is 137 Å². The number of carbonyl (C=O) groups is 2. The first kappa shape index (κ1) is 34.8. The third-order valence-corrected chi connectivity index (χ3v) is 8.97. The highest BCUT2D eigenvalue weighted by atomic mass is 19.4. The van der Waals surface area contributed by atoms with E-state index in [4.69, 9.17) is 10.5 Å². The molecule has 1 aliphatic carbocycles. The van der Waals surface area contributed by atoms with E-state index in [0.717, 1.165) is 12.1 Å². The number of nitrogens with two attached hydrogens (primary N) is 1. The van der Waals surface area contributed by atoms with Crippen molar-refractivity contribution in [3.63, 3.8) is 0 Å². The molecule has 0 spiro atoms. The number of halogens is 8.